The van der Waals surface area contributed by atoms with E-state index in [9.17, 15) is 0 Å². The average Bonchev–Trinajstić information content (AvgIpc) is 3.49. The number of para-hydroxylation sites is 2. The fourth-order valence-corrected chi connectivity index (χ4v) is 10.5. The molecule has 0 atom stereocenters. The molecule has 2 heteroatoms. The van der Waals surface area contributed by atoms with E-state index < -0.39 is 5.41 Å². The third kappa shape index (κ3) is 6.33. The van der Waals surface area contributed by atoms with Crippen molar-refractivity contribution in [3.05, 3.63) is 289 Å². The zero-order valence-corrected chi connectivity index (χ0v) is 35.8. The minimum absolute atomic E-state index is 0.777. The molecule has 0 saturated heterocycles. The van der Waals surface area contributed by atoms with Crippen molar-refractivity contribution in [2.75, 3.05) is 9.80 Å². The highest BCUT2D eigenvalue weighted by atomic mass is 15.1. The topological polar surface area (TPSA) is 6.48 Å². The lowest BCUT2D eigenvalue weighted by Crippen LogP contribution is -2.32. The van der Waals surface area contributed by atoms with Crippen molar-refractivity contribution in [2.45, 2.75) is 5.41 Å². The molecule has 0 fully saturated rings. The Balaban J connectivity index is 1.18. The van der Waals surface area contributed by atoms with Crippen LogP contribution >= 0.6 is 0 Å². The van der Waals surface area contributed by atoms with E-state index >= 15 is 0 Å². The van der Waals surface area contributed by atoms with Crippen LogP contribution in [0.1, 0.15) is 22.3 Å². The SMILES string of the molecule is c1ccc(N(c2cccc(C3(c4cccc(N(c5ccccc5)c5cccc6ccccc56)c4)c4ccccc4-c4ccccc4-c4ccccc43)c2)c2cccc3ccccc23)cc1. The Kier molecular flexibility index (Phi) is 9.43. The van der Waals surface area contributed by atoms with Crippen molar-refractivity contribution in [3.63, 3.8) is 0 Å². The average molecular weight is 829 g/mol. The summed E-state index contributed by atoms with van der Waals surface area (Å²) >= 11 is 0. The Morgan fingerprint density at radius 2 is 0.585 bits per heavy atom. The lowest BCUT2D eigenvalue weighted by Gasteiger charge is -2.39. The van der Waals surface area contributed by atoms with Gasteiger partial charge in [0, 0.05) is 33.5 Å². The van der Waals surface area contributed by atoms with Crippen LogP contribution in [0, 0.1) is 0 Å². The van der Waals surface area contributed by atoms with Crippen LogP contribution in [0.3, 0.4) is 0 Å². The summed E-state index contributed by atoms with van der Waals surface area (Å²) in [6.07, 6.45) is 0. The molecular formula is C63H44N2. The van der Waals surface area contributed by atoms with Crippen LogP contribution in [-0.2, 0) is 5.41 Å². The van der Waals surface area contributed by atoms with Crippen molar-refractivity contribution in [3.8, 4) is 22.3 Å². The standard InChI is InChI=1S/C63H44N2/c1-3-27-49(28-4-1)64(61-41-17-23-45-21-7-9-33-53(45)61)51-31-19-25-47(43-51)63(59-39-15-13-37-57(59)55-35-11-12-36-56(55)58-38-14-16-40-60(58)63)48-26-20-32-52(44-48)65(50-29-5-2-6-30-50)62-42-18-24-46-22-8-10-34-54(46)62/h1-44H. The van der Waals surface area contributed by atoms with Crippen LogP contribution in [0.25, 0.3) is 43.8 Å². The number of rotatable bonds is 8. The van der Waals surface area contributed by atoms with Gasteiger partial charge in [-0.2, -0.15) is 0 Å². The van der Waals surface area contributed by atoms with Gasteiger partial charge in [0.25, 0.3) is 0 Å². The van der Waals surface area contributed by atoms with Gasteiger partial charge in [-0.15, -0.1) is 0 Å². The van der Waals surface area contributed by atoms with E-state index in [0.717, 1.165) is 34.1 Å². The van der Waals surface area contributed by atoms with Crippen molar-refractivity contribution >= 4 is 55.7 Å². The maximum Gasteiger partial charge on any atom is 0.0715 e. The van der Waals surface area contributed by atoms with Gasteiger partial charge >= 0.3 is 0 Å². The first-order chi connectivity index (χ1) is 32.3. The van der Waals surface area contributed by atoms with Crippen LogP contribution < -0.4 is 9.80 Å². The van der Waals surface area contributed by atoms with Gasteiger partial charge in [0.2, 0.25) is 0 Å². The maximum absolute atomic E-state index is 2.45. The first kappa shape index (κ1) is 38.2. The number of anilines is 6. The summed E-state index contributed by atoms with van der Waals surface area (Å²) in [6.45, 7) is 0. The van der Waals surface area contributed by atoms with E-state index in [1.165, 1.54) is 66.1 Å². The number of nitrogens with zero attached hydrogens (tertiary/aromatic N) is 2. The van der Waals surface area contributed by atoms with Crippen LogP contribution in [-0.4, -0.2) is 0 Å². The molecule has 306 valence electrons. The number of hydrogen-bond donors (Lipinski definition) is 0. The molecule has 0 aliphatic heterocycles. The van der Waals surface area contributed by atoms with Crippen molar-refractivity contribution < 1.29 is 0 Å². The van der Waals surface area contributed by atoms with Gasteiger partial charge in [0.15, 0.2) is 0 Å². The summed E-state index contributed by atoms with van der Waals surface area (Å²) in [5.74, 6) is 0. The molecule has 11 aromatic rings. The molecule has 0 spiro atoms. The zero-order valence-electron chi connectivity index (χ0n) is 35.8. The van der Waals surface area contributed by atoms with Gasteiger partial charge in [0.1, 0.15) is 0 Å². The van der Waals surface area contributed by atoms with Gasteiger partial charge < -0.3 is 9.80 Å². The van der Waals surface area contributed by atoms with Gasteiger partial charge in [-0.1, -0.05) is 206 Å². The highest BCUT2D eigenvalue weighted by Gasteiger charge is 2.44. The highest BCUT2D eigenvalue weighted by Crippen LogP contribution is 2.56. The van der Waals surface area contributed by atoms with Gasteiger partial charge in [-0.25, -0.2) is 0 Å². The molecule has 0 heterocycles. The number of benzene rings is 11. The second kappa shape index (κ2) is 16.0. The Labute approximate surface area is 380 Å². The van der Waals surface area contributed by atoms with E-state index in [1.807, 2.05) is 0 Å². The number of hydrogen-bond acceptors (Lipinski definition) is 2. The molecule has 0 amide bonds. The molecule has 11 aromatic carbocycles. The van der Waals surface area contributed by atoms with Crippen LogP contribution in [0.5, 0.6) is 0 Å². The first-order valence-corrected chi connectivity index (χ1v) is 22.4. The minimum atomic E-state index is -0.777. The molecule has 0 saturated carbocycles. The number of fused-ring (bicyclic) bond motifs is 7. The third-order valence-electron chi connectivity index (χ3n) is 13.3. The van der Waals surface area contributed by atoms with Crippen molar-refractivity contribution in [2.24, 2.45) is 0 Å². The predicted octanol–water partition coefficient (Wildman–Crippen LogP) is 17.0. The van der Waals surface area contributed by atoms with E-state index in [2.05, 4.69) is 277 Å². The van der Waals surface area contributed by atoms with Gasteiger partial charge in [-0.05, 0) is 116 Å². The second-order valence-corrected chi connectivity index (χ2v) is 16.8. The molecule has 1 aliphatic rings. The monoisotopic (exact) mass is 828 g/mol. The summed E-state index contributed by atoms with van der Waals surface area (Å²) in [6, 6.07) is 98.0. The minimum Gasteiger partial charge on any atom is -0.310 e. The zero-order chi connectivity index (χ0) is 43.2. The normalized spacial score (nSPS) is 12.4. The van der Waals surface area contributed by atoms with E-state index in [0.29, 0.717) is 0 Å². The Morgan fingerprint density at radius 1 is 0.246 bits per heavy atom. The Bertz CT molecular complexity index is 3270. The molecular weight excluding hydrogens is 785 g/mol. The van der Waals surface area contributed by atoms with Gasteiger partial charge in [-0.3, -0.25) is 0 Å². The summed E-state index contributed by atoms with van der Waals surface area (Å²) in [7, 11) is 0. The molecule has 0 unspecified atom stereocenters. The maximum atomic E-state index is 2.45. The molecule has 2 nitrogen and oxygen atoms in total. The van der Waals surface area contributed by atoms with Crippen molar-refractivity contribution in [1.29, 1.82) is 0 Å². The lowest BCUT2D eigenvalue weighted by atomic mass is 9.63. The van der Waals surface area contributed by atoms with Crippen LogP contribution in [0.4, 0.5) is 34.1 Å². The molecule has 1 aliphatic carbocycles. The lowest BCUT2D eigenvalue weighted by molar-refractivity contribution is 0.751. The first-order valence-electron chi connectivity index (χ1n) is 22.4. The van der Waals surface area contributed by atoms with Crippen molar-refractivity contribution in [1.82, 2.24) is 0 Å². The summed E-state index contributed by atoms with van der Waals surface area (Å²) in [5.41, 5.74) is 15.6. The fourth-order valence-electron chi connectivity index (χ4n) is 10.5. The molecule has 0 radical (unpaired) electrons. The van der Waals surface area contributed by atoms with Gasteiger partial charge in [0.05, 0.1) is 16.8 Å². The smallest absolute Gasteiger partial charge is 0.0715 e. The molecule has 0 N–H and O–H groups in total. The van der Waals surface area contributed by atoms with E-state index in [4.69, 9.17) is 0 Å². The third-order valence-corrected chi connectivity index (χ3v) is 13.3. The quantitative estimate of drug-likeness (QED) is 0.151. The molecule has 0 aromatic heterocycles. The highest BCUT2D eigenvalue weighted by molar-refractivity contribution is 6.01. The summed E-state index contributed by atoms with van der Waals surface area (Å²) in [4.78, 5) is 4.85. The van der Waals surface area contributed by atoms with E-state index in [1.54, 1.807) is 0 Å². The molecule has 65 heavy (non-hydrogen) atoms. The predicted molar refractivity (Wildman–Crippen MR) is 274 cm³/mol. The largest absolute Gasteiger partial charge is 0.310 e. The second-order valence-electron chi connectivity index (χ2n) is 16.8. The van der Waals surface area contributed by atoms with Crippen LogP contribution in [0.15, 0.2) is 267 Å². The summed E-state index contributed by atoms with van der Waals surface area (Å²) < 4.78 is 0. The van der Waals surface area contributed by atoms with Crippen LogP contribution in [0.2, 0.25) is 0 Å². The molecule has 0 bridgehead atoms. The van der Waals surface area contributed by atoms with E-state index in [-0.39, 0.29) is 0 Å². The molecule has 12 rings (SSSR count). The fraction of sp³-hybridized carbons (Fsp3) is 0.0159. The Morgan fingerprint density at radius 3 is 1.05 bits per heavy atom. The summed E-state index contributed by atoms with van der Waals surface area (Å²) in [5, 5.41) is 4.80. The Hall–Kier alpha value is -8.46.